The van der Waals surface area contributed by atoms with Crippen molar-refractivity contribution in [3.8, 4) is 0 Å². The fourth-order valence-corrected chi connectivity index (χ4v) is 2.72. The molecular formula is C12H13BrO3. The monoisotopic (exact) mass is 284 g/mol. The number of aliphatic carboxylic acids is 1. The number of carboxylic acid groups (broad SMARTS) is 1. The SMILES string of the molecule is O=C(O)Cc1ccc(C2CCOC2)c(Br)c1. The number of rotatable bonds is 3. The molecule has 0 saturated carbocycles. The third kappa shape index (κ3) is 2.62. The van der Waals surface area contributed by atoms with Crippen molar-refractivity contribution in [1.82, 2.24) is 0 Å². The lowest BCUT2D eigenvalue weighted by Crippen LogP contribution is -2.02. The van der Waals surface area contributed by atoms with Crippen molar-refractivity contribution in [3.63, 3.8) is 0 Å². The molecule has 4 heteroatoms. The summed E-state index contributed by atoms with van der Waals surface area (Å²) in [5, 5.41) is 8.70. The Morgan fingerprint density at radius 1 is 1.56 bits per heavy atom. The molecule has 1 N–H and O–H groups in total. The zero-order valence-corrected chi connectivity index (χ0v) is 10.4. The molecule has 1 heterocycles. The lowest BCUT2D eigenvalue weighted by molar-refractivity contribution is -0.136. The van der Waals surface area contributed by atoms with E-state index in [0.717, 1.165) is 29.7 Å². The molecule has 1 aromatic carbocycles. The summed E-state index contributed by atoms with van der Waals surface area (Å²) in [5.41, 5.74) is 2.04. The minimum atomic E-state index is -0.802. The Morgan fingerprint density at radius 2 is 2.38 bits per heavy atom. The van der Waals surface area contributed by atoms with Crippen LogP contribution in [0.4, 0.5) is 0 Å². The van der Waals surface area contributed by atoms with Crippen molar-refractivity contribution < 1.29 is 14.6 Å². The molecule has 86 valence electrons. The maximum Gasteiger partial charge on any atom is 0.307 e. The molecule has 0 bridgehead atoms. The highest BCUT2D eigenvalue weighted by atomic mass is 79.9. The van der Waals surface area contributed by atoms with Crippen LogP contribution in [0.25, 0.3) is 0 Å². The van der Waals surface area contributed by atoms with Crippen LogP contribution in [0.2, 0.25) is 0 Å². The van der Waals surface area contributed by atoms with E-state index in [2.05, 4.69) is 15.9 Å². The molecule has 16 heavy (non-hydrogen) atoms. The van der Waals surface area contributed by atoms with E-state index in [9.17, 15) is 4.79 Å². The number of ether oxygens (including phenoxy) is 1. The molecule has 3 nitrogen and oxygen atoms in total. The molecule has 1 atom stereocenters. The van der Waals surface area contributed by atoms with Crippen molar-refractivity contribution in [3.05, 3.63) is 33.8 Å². The number of carboxylic acids is 1. The highest BCUT2D eigenvalue weighted by molar-refractivity contribution is 9.10. The molecular weight excluding hydrogens is 272 g/mol. The first kappa shape index (κ1) is 11.6. The second-order valence-corrected chi connectivity index (χ2v) is 4.84. The normalized spacial score (nSPS) is 19.9. The van der Waals surface area contributed by atoms with E-state index in [0.29, 0.717) is 5.92 Å². The largest absolute Gasteiger partial charge is 0.481 e. The van der Waals surface area contributed by atoms with E-state index in [4.69, 9.17) is 9.84 Å². The van der Waals surface area contributed by atoms with Gasteiger partial charge < -0.3 is 9.84 Å². The highest BCUT2D eigenvalue weighted by Crippen LogP contribution is 2.31. The van der Waals surface area contributed by atoms with Crippen LogP contribution in [0, 0.1) is 0 Å². The summed E-state index contributed by atoms with van der Waals surface area (Å²) in [6.07, 6.45) is 1.11. The predicted octanol–water partition coefficient (Wildman–Crippen LogP) is 2.58. The third-order valence-corrected chi connectivity index (χ3v) is 3.48. The molecule has 0 radical (unpaired) electrons. The Hall–Kier alpha value is -0.870. The average Bonchev–Trinajstić information content (AvgIpc) is 2.69. The molecule has 1 aliphatic rings. The van der Waals surface area contributed by atoms with E-state index < -0.39 is 5.97 Å². The quantitative estimate of drug-likeness (QED) is 0.928. The standard InChI is InChI=1S/C12H13BrO3/c13-11-5-8(6-12(14)15)1-2-10(11)9-3-4-16-7-9/h1-2,5,9H,3-4,6-7H2,(H,14,15). The second-order valence-electron chi connectivity index (χ2n) is 3.99. The van der Waals surface area contributed by atoms with Crippen LogP contribution in [-0.4, -0.2) is 24.3 Å². The maximum absolute atomic E-state index is 10.6. The Bertz CT molecular complexity index is 397. The van der Waals surface area contributed by atoms with Crippen molar-refractivity contribution in [1.29, 1.82) is 0 Å². The van der Waals surface area contributed by atoms with Gasteiger partial charge in [-0.15, -0.1) is 0 Å². The van der Waals surface area contributed by atoms with Gasteiger partial charge in [-0.3, -0.25) is 4.79 Å². The van der Waals surface area contributed by atoms with Crippen LogP contribution < -0.4 is 0 Å². The van der Waals surface area contributed by atoms with E-state index >= 15 is 0 Å². The molecule has 1 aliphatic heterocycles. The first-order valence-corrected chi connectivity index (χ1v) is 6.04. The van der Waals surface area contributed by atoms with Gasteiger partial charge in [0.25, 0.3) is 0 Å². The van der Waals surface area contributed by atoms with Gasteiger partial charge in [-0.05, 0) is 23.6 Å². The van der Waals surface area contributed by atoms with Crippen LogP contribution in [0.3, 0.4) is 0 Å². The van der Waals surface area contributed by atoms with Crippen molar-refractivity contribution >= 4 is 21.9 Å². The van der Waals surface area contributed by atoms with Gasteiger partial charge in [0.05, 0.1) is 13.0 Å². The number of hydrogen-bond donors (Lipinski definition) is 1. The molecule has 0 aliphatic carbocycles. The van der Waals surface area contributed by atoms with Crippen LogP contribution in [0.15, 0.2) is 22.7 Å². The number of hydrogen-bond acceptors (Lipinski definition) is 2. The summed E-state index contributed by atoms with van der Waals surface area (Å²) in [4.78, 5) is 10.6. The van der Waals surface area contributed by atoms with Crippen LogP contribution >= 0.6 is 15.9 Å². The fourth-order valence-electron chi connectivity index (χ4n) is 1.97. The number of halogens is 1. The lowest BCUT2D eigenvalue weighted by Gasteiger charge is -2.11. The summed E-state index contributed by atoms with van der Waals surface area (Å²) >= 11 is 3.50. The summed E-state index contributed by atoms with van der Waals surface area (Å²) in [6, 6.07) is 5.77. The predicted molar refractivity (Wildman–Crippen MR) is 63.7 cm³/mol. The van der Waals surface area contributed by atoms with E-state index in [-0.39, 0.29) is 6.42 Å². The molecule has 0 aromatic heterocycles. The topological polar surface area (TPSA) is 46.5 Å². The van der Waals surface area contributed by atoms with Gasteiger partial charge in [0.1, 0.15) is 0 Å². The summed E-state index contributed by atoms with van der Waals surface area (Å²) in [6.45, 7) is 1.57. The molecule has 1 aromatic rings. The smallest absolute Gasteiger partial charge is 0.307 e. The molecule has 1 unspecified atom stereocenters. The van der Waals surface area contributed by atoms with Gasteiger partial charge in [-0.25, -0.2) is 0 Å². The summed E-state index contributed by atoms with van der Waals surface area (Å²) < 4.78 is 6.33. The van der Waals surface area contributed by atoms with E-state index in [1.807, 2.05) is 18.2 Å². The Morgan fingerprint density at radius 3 is 2.94 bits per heavy atom. The van der Waals surface area contributed by atoms with Crippen molar-refractivity contribution in [2.75, 3.05) is 13.2 Å². The molecule has 1 saturated heterocycles. The number of carbonyl (C=O) groups is 1. The zero-order chi connectivity index (χ0) is 11.5. The Balaban J connectivity index is 2.18. The minimum Gasteiger partial charge on any atom is -0.481 e. The Kier molecular flexibility index (Phi) is 3.61. The first-order chi connectivity index (χ1) is 7.66. The fraction of sp³-hybridized carbons (Fsp3) is 0.417. The minimum absolute atomic E-state index is 0.0695. The molecule has 1 fully saturated rings. The van der Waals surface area contributed by atoms with Gasteiger partial charge in [-0.1, -0.05) is 28.1 Å². The van der Waals surface area contributed by atoms with Crippen LogP contribution in [0.1, 0.15) is 23.5 Å². The maximum atomic E-state index is 10.6. The zero-order valence-electron chi connectivity index (χ0n) is 8.78. The molecule has 2 rings (SSSR count). The summed E-state index contributed by atoms with van der Waals surface area (Å²) in [5.74, 6) is -0.364. The summed E-state index contributed by atoms with van der Waals surface area (Å²) in [7, 11) is 0. The molecule has 0 spiro atoms. The lowest BCUT2D eigenvalue weighted by atomic mass is 9.97. The third-order valence-electron chi connectivity index (χ3n) is 2.79. The van der Waals surface area contributed by atoms with Gasteiger partial charge in [0.15, 0.2) is 0 Å². The van der Waals surface area contributed by atoms with Gasteiger partial charge in [0.2, 0.25) is 0 Å². The first-order valence-electron chi connectivity index (χ1n) is 5.24. The average molecular weight is 285 g/mol. The van der Waals surface area contributed by atoms with Gasteiger partial charge in [0, 0.05) is 17.0 Å². The van der Waals surface area contributed by atoms with Gasteiger partial charge >= 0.3 is 5.97 Å². The van der Waals surface area contributed by atoms with Crippen molar-refractivity contribution in [2.24, 2.45) is 0 Å². The van der Waals surface area contributed by atoms with E-state index in [1.165, 1.54) is 5.56 Å². The highest BCUT2D eigenvalue weighted by Gasteiger charge is 2.20. The number of benzene rings is 1. The van der Waals surface area contributed by atoms with E-state index in [1.54, 1.807) is 0 Å². The second kappa shape index (κ2) is 4.97. The van der Waals surface area contributed by atoms with Crippen LogP contribution in [0.5, 0.6) is 0 Å². The van der Waals surface area contributed by atoms with Gasteiger partial charge in [-0.2, -0.15) is 0 Å². The van der Waals surface area contributed by atoms with Crippen LogP contribution in [-0.2, 0) is 16.0 Å². The molecule has 0 amide bonds. The Labute approximate surface area is 103 Å². The van der Waals surface area contributed by atoms with Crippen molar-refractivity contribution in [2.45, 2.75) is 18.8 Å².